The lowest BCUT2D eigenvalue weighted by atomic mass is 10.1. The van der Waals surface area contributed by atoms with Crippen LogP contribution in [0.3, 0.4) is 0 Å². The lowest BCUT2D eigenvalue weighted by molar-refractivity contribution is -0.141. The van der Waals surface area contributed by atoms with Gasteiger partial charge in [0.05, 0.1) is 6.61 Å². The number of para-hydroxylation sites is 1. The number of aromatic nitrogens is 1. The molecule has 0 aliphatic heterocycles. The van der Waals surface area contributed by atoms with Gasteiger partial charge in [0.1, 0.15) is 18.0 Å². The van der Waals surface area contributed by atoms with Crippen molar-refractivity contribution in [3.05, 3.63) is 60.3 Å². The molecule has 8 nitrogen and oxygen atoms in total. The molecule has 0 aliphatic carbocycles. The maximum atomic E-state index is 13.6. The van der Waals surface area contributed by atoms with E-state index in [0.29, 0.717) is 11.5 Å². The van der Waals surface area contributed by atoms with E-state index in [0.717, 1.165) is 29.4 Å². The Kier molecular flexibility index (Phi) is 10.5. The summed E-state index contributed by atoms with van der Waals surface area (Å²) >= 11 is 0. The van der Waals surface area contributed by atoms with Gasteiger partial charge in [-0.1, -0.05) is 38.1 Å². The van der Waals surface area contributed by atoms with Crippen LogP contribution in [0.1, 0.15) is 26.3 Å². The number of likely N-dealkylation sites (N-methyl/N-ethyl adjacent to an activating group) is 1. The van der Waals surface area contributed by atoms with Gasteiger partial charge in [0.25, 0.3) is 0 Å². The lowest BCUT2D eigenvalue weighted by Crippen LogP contribution is -2.26. The highest BCUT2D eigenvalue weighted by atomic mass is 31.2. The molecule has 0 spiro atoms. The van der Waals surface area contributed by atoms with Crippen LogP contribution in [-0.4, -0.2) is 49.6 Å². The quantitative estimate of drug-likeness (QED) is 0.297. The number of carbonyl (C=O) groups excluding carboxylic acids is 1. The zero-order chi connectivity index (χ0) is 24.3. The van der Waals surface area contributed by atoms with Gasteiger partial charge in [-0.2, -0.15) is 5.09 Å². The first-order chi connectivity index (χ1) is 15.9. The molecule has 0 saturated heterocycles. The third kappa shape index (κ3) is 7.93. The van der Waals surface area contributed by atoms with Crippen LogP contribution in [-0.2, 0) is 20.5 Å². The number of hydrogen-bond donors (Lipinski definition) is 2. The first-order valence-corrected chi connectivity index (χ1v) is 12.6. The number of hydrogen-bond acceptors (Lipinski definition) is 6. The highest BCUT2D eigenvalue weighted by Crippen LogP contribution is 2.46. The monoisotopic (exact) mass is 475 g/mol. The zero-order valence-electron chi connectivity index (χ0n) is 20.0. The van der Waals surface area contributed by atoms with E-state index >= 15 is 0 Å². The summed E-state index contributed by atoms with van der Waals surface area (Å²) in [6, 6.07) is 14.2. The van der Waals surface area contributed by atoms with Crippen molar-refractivity contribution in [2.75, 3.05) is 33.8 Å². The standard InChI is InChI=1S/C22H28N3O5P.C2H6/c1-4-28-21(26)16-24-31(27,29-18-9-6-5-7-10-18)30-20-12-8-11-19-22(20)17(15-23-19)13-14-25(2)3;1-2/h5-12,15,23H,4,13-14,16H2,1-3H3,(H,24,27);1-2H3. The van der Waals surface area contributed by atoms with Crippen molar-refractivity contribution < 1.29 is 23.1 Å². The fourth-order valence-electron chi connectivity index (χ4n) is 3.04. The van der Waals surface area contributed by atoms with E-state index in [1.165, 1.54) is 0 Å². The van der Waals surface area contributed by atoms with Gasteiger partial charge in [0, 0.05) is 23.6 Å². The number of H-pyrrole nitrogens is 1. The van der Waals surface area contributed by atoms with Crippen LogP contribution >= 0.6 is 7.75 Å². The topological polar surface area (TPSA) is 92.9 Å². The van der Waals surface area contributed by atoms with Gasteiger partial charge in [0.15, 0.2) is 0 Å². The average Bonchev–Trinajstić information content (AvgIpc) is 3.23. The third-order valence-corrected chi connectivity index (χ3v) is 5.92. The van der Waals surface area contributed by atoms with Crippen molar-refractivity contribution in [2.45, 2.75) is 27.2 Å². The average molecular weight is 476 g/mol. The number of nitrogens with zero attached hydrogens (tertiary/aromatic N) is 1. The van der Waals surface area contributed by atoms with Crippen molar-refractivity contribution >= 4 is 24.6 Å². The van der Waals surface area contributed by atoms with Gasteiger partial charge in [0.2, 0.25) is 0 Å². The van der Waals surface area contributed by atoms with E-state index < -0.39 is 13.7 Å². The second kappa shape index (κ2) is 13.0. The number of esters is 1. The first kappa shape index (κ1) is 26.5. The minimum Gasteiger partial charge on any atom is -0.465 e. The van der Waals surface area contributed by atoms with E-state index in [2.05, 4.69) is 15.0 Å². The Bertz CT molecular complexity index is 1050. The van der Waals surface area contributed by atoms with Crippen LogP contribution < -0.4 is 14.1 Å². The summed E-state index contributed by atoms with van der Waals surface area (Å²) in [5.41, 5.74) is 1.90. The fraction of sp³-hybridized carbons (Fsp3) is 0.375. The molecule has 0 aliphatic rings. The number of nitrogens with one attached hydrogen (secondary N) is 2. The summed E-state index contributed by atoms with van der Waals surface area (Å²) in [5, 5.41) is 3.45. The Hall–Kier alpha value is -2.80. The summed E-state index contributed by atoms with van der Waals surface area (Å²) in [6.07, 6.45) is 2.71. The highest BCUT2D eigenvalue weighted by molar-refractivity contribution is 7.52. The van der Waals surface area contributed by atoms with E-state index in [9.17, 15) is 9.36 Å². The number of fused-ring (bicyclic) bond motifs is 1. The molecule has 0 saturated carbocycles. The molecule has 33 heavy (non-hydrogen) atoms. The van der Waals surface area contributed by atoms with Gasteiger partial charge in [-0.05, 0) is 57.3 Å². The van der Waals surface area contributed by atoms with Crippen molar-refractivity contribution in [1.29, 1.82) is 0 Å². The summed E-state index contributed by atoms with van der Waals surface area (Å²) in [5.74, 6) is 0.217. The zero-order valence-corrected chi connectivity index (χ0v) is 20.9. The minimum atomic E-state index is -3.95. The smallest absolute Gasteiger partial charge is 0.465 e. The SMILES string of the molecule is CC.CCOC(=O)CNP(=O)(Oc1ccccc1)Oc1cccc2[nH]cc(CCN(C)C)c12. The normalized spacial score (nSPS) is 12.5. The van der Waals surface area contributed by atoms with Crippen molar-refractivity contribution in [3.8, 4) is 11.5 Å². The molecule has 1 atom stereocenters. The van der Waals surface area contributed by atoms with Gasteiger partial charge < -0.3 is 23.7 Å². The van der Waals surface area contributed by atoms with Gasteiger partial charge in [-0.25, -0.2) is 4.57 Å². The third-order valence-electron chi connectivity index (χ3n) is 4.49. The van der Waals surface area contributed by atoms with Crippen molar-refractivity contribution in [1.82, 2.24) is 15.0 Å². The Labute approximate surface area is 195 Å². The molecule has 0 fully saturated rings. The number of benzene rings is 2. The Balaban J connectivity index is 0.00000187. The molecule has 2 N–H and O–H groups in total. The maximum absolute atomic E-state index is 13.6. The largest absolute Gasteiger partial charge is 0.513 e. The second-order valence-electron chi connectivity index (χ2n) is 7.18. The van der Waals surface area contributed by atoms with Crippen LogP contribution in [0.15, 0.2) is 54.7 Å². The summed E-state index contributed by atoms with van der Waals surface area (Å²) in [4.78, 5) is 17.2. The van der Waals surface area contributed by atoms with Gasteiger partial charge in [-0.3, -0.25) is 4.79 Å². The molecule has 1 aromatic heterocycles. The highest BCUT2D eigenvalue weighted by Gasteiger charge is 2.30. The molecule has 3 rings (SSSR count). The number of rotatable bonds is 11. The Morgan fingerprint density at radius 2 is 1.79 bits per heavy atom. The van der Waals surface area contributed by atoms with E-state index in [1.807, 2.05) is 52.3 Å². The molecule has 0 radical (unpaired) electrons. The number of carbonyl (C=O) groups is 1. The van der Waals surface area contributed by atoms with E-state index in [-0.39, 0.29) is 13.2 Å². The number of ether oxygens (including phenoxy) is 1. The van der Waals surface area contributed by atoms with Gasteiger partial charge >= 0.3 is 13.7 Å². The summed E-state index contributed by atoms with van der Waals surface area (Å²) in [7, 11) is 0.0611. The molecule has 9 heteroatoms. The minimum absolute atomic E-state index is 0.225. The number of aromatic amines is 1. The fourth-order valence-corrected chi connectivity index (χ4v) is 4.34. The molecular formula is C24H34N3O5P. The Morgan fingerprint density at radius 3 is 2.45 bits per heavy atom. The summed E-state index contributed by atoms with van der Waals surface area (Å²) in [6.45, 7) is 6.47. The van der Waals surface area contributed by atoms with Crippen LogP contribution in [0.25, 0.3) is 10.9 Å². The second-order valence-corrected chi connectivity index (χ2v) is 8.86. The van der Waals surface area contributed by atoms with Crippen LogP contribution in [0.2, 0.25) is 0 Å². The van der Waals surface area contributed by atoms with Crippen molar-refractivity contribution in [3.63, 3.8) is 0 Å². The molecule has 0 amide bonds. The van der Waals surface area contributed by atoms with Crippen LogP contribution in [0.4, 0.5) is 0 Å². The van der Waals surface area contributed by atoms with Crippen molar-refractivity contribution in [2.24, 2.45) is 0 Å². The van der Waals surface area contributed by atoms with E-state index in [4.69, 9.17) is 13.8 Å². The molecule has 180 valence electrons. The van der Waals surface area contributed by atoms with Gasteiger partial charge in [-0.15, -0.1) is 0 Å². The first-order valence-electron chi connectivity index (χ1n) is 11.1. The summed E-state index contributed by atoms with van der Waals surface area (Å²) < 4.78 is 30.2. The molecule has 3 aromatic rings. The molecule has 1 unspecified atom stereocenters. The van der Waals surface area contributed by atoms with E-state index in [1.54, 1.807) is 37.3 Å². The molecule has 1 heterocycles. The predicted octanol–water partition coefficient (Wildman–Crippen LogP) is 5.02. The van der Waals surface area contributed by atoms with Crippen LogP contribution in [0.5, 0.6) is 11.5 Å². The predicted molar refractivity (Wildman–Crippen MR) is 132 cm³/mol. The maximum Gasteiger partial charge on any atom is 0.513 e. The molecule has 2 aromatic carbocycles. The lowest BCUT2D eigenvalue weighted by Gasteiger charge is -2.21. The van der Waals surface area contributed by atoms with Crippen LogP contribution in [0, 0.1) is 0 Å². The Morgan fingerprint density at radius 1 is 1.06 bits per heavy atom. The molecular weight excluding hydrogens is 441 g/mol. The molecule has 0 bridgehead atoms.